The lowest BCUT2D eigenvalue weighted by Gasteiger charge is -2.19. The van der Waals surface area contributed by atoms with E-state index in [1.165, 1.54) is 0 Å². The molecule has 5 nitrogen and oxygen atoms in total. The fraction of sp³-hybridized carbons (Fsp3) is 0.214. The van der Waals surface area contributed by atoms with Crippen LogP contribution >= 0.6 is 0 Å². The van der Waals surface area contributed by atoms with Crippen molar-refractivity contribution in [2.75, 3.05) is 7.11 Å². The molecule has 5 heteroatoms. The monoisotopic (exact) mass is 442 g/mol. The summed E-state index contributed by atoms with van der Waals surface area (Å²) in [6, 6.07) is 18.0. The molecule has 0 aromatic heterocycles. The summed E-state index contributed by atoms with van der Waals surface area (Å²) in [4.78, 5) is 25.5. The molecule has 3 aromatic carbocycles. The number of Topliss-reactive ketones (excluding diaryl/α,β-unsaturated/α-hetero) is 1. The van der Waals surface area contributed by atoms with Gasteiger partial charge in [0.05, 0.1) is 18.2 Å². The first-order chi connectivity index (χ1) is 15.7. The number of benzene rings is 3. The zero-order chi connectivity index (χ0) is 23.8. The van der Waals surface area contributed by atoms with Gasteiger partial charge in [0.2, 0.25) is 5.78 Å². The first-order valence-electron chi connectivity index (χ1n) is 10.7. The second-order valence-corrected chi connectivity index (χ2v) is 9.00. The van der Waals surface area contributed by atoms with E-state index in [1.807, 2.05) is 36.4 Å². The summed E-state index contributed by atoms with van der Waals surface area (Å²) in [7, 11) is 1.60. The molecular weight excluding hydrogens is 416 g/mol. The molecule has 1 aliphatic rings. The van der Waals surface area contributed by atoms with Gasteiger partial charge in [0.25, 0.3) is 0 Å². The summed E-state index contributed by atoms with van der Waals surface area (Å²) < 4.78 is 16.7. The minimum absolute atomic E-state index is 0.0000726. The van der Waals surface area contributed by atoms with E-state index in [4.69, 9.17) is 14.2 Å². The summed E-state index contributed by atoms with van der Waals surface area (Å²) in [6.45, 7) is 8.13. The van der Waals surface area contributed by atoms with E-state index < -0.39 is 5.97 Å². The number of carbonyl (C=O) groups is 2. The van der Waals surface area contributed by atoms with Crippen LogP contribution < -0.4 is 14.2 Å². The molecule has 0 radical (unpaired) electrons. The van der Waals surface area contributed by atoms with Gasteiger partial charge in [-0.2, -0.15) is 0 Å². The molecule has 0 unspecified atom stereocenters. The minimum atomic E-state index is -0.461. The number of rotatable bonds is 4. The average molecular weight is 443 g/mol. The molecule has 1 heterocycles. The van der Waals surface area contributed by atoms with Crippen LogP contribution in [0, 0.1) is 6.92 Å². The fourth-order valence-electron chi connectivity index (χ4n) is 3.60. The molecule has 4 rings (SSSR count). The maximum atomic E-state index is 12.8. The maximum absolute atomic E-state index is 12.8. The number of fused-ring (bicyclic) bond motifs is 1. The van der Waals surface area contributed by atoms with E-state index in [2.05, 4.69) is 20.8 Å². The van der Waals surface area contributed by atoms with E-state index >= 15 is 0 Å². The molecule has 3 aromatic rings. The Kier molecular flexibility index (Phi) is 5.81. The van der Waals surface area contributed by atoms with Crippen LogP contribution in [0.1, 0.15) is 58.2 Å². The third kappa shape index (κ3) is 4.53. The molecule has 0 fully saturated rings. The lowest BCUT2D eigenvalue weighted by molar-refractivity contribution is 0.0733. The van der Waals surface area contributed by atoms with Gasteiger partial charge in [-0.1, -0.05) is 45.0 Å². The molecule has 0 aliphatic carbocycles. The standard InChI is InChI=1S/C28H26O5/c1-17-23(33-27(30)19-8-10-20(11-9-19)28(2,3)4)15-14-22-25(29)24(32-26(17)22)16-18-6-12-21(31-5)13-7-18/h6-16H,1-5H3/b24-16-. The van der Waals surface area contributed by atoms with Crippen LogP contribution in [-0.2, 0) is 5.41 Å². The molecule has 168 valence electrons. The highest BCUT2D eigenvalue weighted by Gasteiger charge is 2.30. The smallest absolute Gasteiger partial charge is 0.343 e. The largest absolute Gasteiger partial charge is 0.497 e. The molecule has 0 N–H and O–H groups in total. The Morgan fingerprint density at radius 3 is 2.21 bits per heavy atom. The molecule has 0 spiro atoms. The first kappa shape index (κ1) is 22.3. The molecule has 0 saturated heterocycles. The first-order valence-corrected chi connectivity index (χ1v) is 10.7. The van der Waals surface area contributed by atoms with Gasteiger partial charge < -0.3 is 14.2 Å². The van der Waals surface area contributed by atoms with Gasteiger partial charge in [0.1, 0.15) is 17.2 Å². The van der Waals surface area contributed by atoms with Crippen LogP contribution in [0.4, 0.5) is 0 Å². The molecule has 1 aliphatic heterocycles. The zero-order valence-electron chi connectivity index (χ0n) is 19.4. The third-order valence-electron chi connectivity index (χ3n) is 5.64. The van der Waals surface area contributed by atoms with Crippen LogP contribution in [0.25, 0.3) is 6.08 Å². The predicted molar refractivity (Wildman–Crippen MR) is 127 cm³/mol. The summed E-state index contributed by atoms with van der Waals surface area (Å²) in [5, 5.41) is 0. The van der Waals surface area contributed by atoms with Crippen molar-refractivity contribution in [3.8, 4) is 17.2 Å². The second-order valence-electron chi connectivity index (χ2n) is 9.00. The zero-order valence-corrected chi connectivity index (χ0v) is 19.4. The Morgan fingerprint density at radius 1 is 0.939 bits per heavy atom. The van der Waals surface area contributed by atoms with Crippen molar-refractivity contribution < 1.29 is 23.8 Å². The minimum Gasteiger partial charge on any atom is -0.497 e. The van der Waals surface area contributed by atoms with Crippen molar-refractivity contribution in [2.24, 2.45) is 0 Å². The van der Waals surface area contributed by atoms with Gasteiger partial charge >= 0.3 is 5.97 Å². The quantitative estimate of drug-likeness (QED) is 0.276. The number of methoxy groups -OCH3 is 1. The van der Waals surface area contributed by atoms with Crippen LogP contribution in [0.2, 0.25) is 0 Å². The highest BCUT2D eigenvalue weighted by Crippen LogP contribution is 2.39. The average Bonchev–Trinajstić information content (AvgIpc) is 3.11. The summed E-state index contributed by atoms with van der Waals surface area (Å²) in [6.07, 6.45) is 1.68. The van der Waals surface area contributed by atoms with Gasteiger partial charge in [0.15, 0.2) is 5.76 Å². The molecule has 0 atom stereocenters. The fourth-order valence-corrected chi connectivity index (χ4v) is 3.60. The third-order valence-corrected chi connectivity index (χ3v) is 5.64. The molecule has 0 saturated carbocycles. The van der Waals surface area contributed by atoms with Crippen molar-refractivity contribution in [3.63, 3.8) is 0 Å². The van der Waals surface area contributed by atoms with Crippen molar-refractivity contribution in [1.82, 2.24) is 0 Å². The van der Waals surface area contributed by atoms with Crippen LogP contribution in [0.15, 0.2) is 66.4 Å². The molecule has 0 amide bonds. The van der Waals surface area contributed by atoms with Gasteiger partial charge in [-0.3, -0.25) is 4.79 Å². The number of carbonyl (C=O) groups excluding carboxylic acids is 2. The van der Waals surface area contributed by atoms with Crippen molar-refractivity contribution in [3.05, 3.63) is 94.2 Å². The Labute approximate surface area is 193 Å². The normalized spacial score (nSPS) is 14.1. The van der Waals surface area contributed by atoms with Crippen molar-refractivity contribution in [1.29, 1.82) is 0 Å². The van der Waals surface area contributed by atoms with Crippen molar-refractivity contribution in [2.45, 2.75) is 33.1 Å². The summed E-state index contributed by atoms with van der Waals surface area (Å²) >= 11 is 0. The van der Waals surface area contributed by atoms with E-state index in [-0.39, 0.29) is 17.0 Å². The Morgan fingerprint density at radius 2 is 1.61 bits per heavy atom. The number of hydrogen-bond acceptors (Lipinski definition) is 5. The lowest BCUT2D eigenvalue weighted by Crippen LogP contribution is -2.13. The Hall–Kier alpha value is -3.86. The van der Waals surface area contributed by atoms with Crippen LogP contribution in [0.3, 0.4) is 0 Å². The SMILES string of the molecule is COc1ccc(/C=C2\Oc3c(ccc(OC(=O)c4ccc(C(C)(C)C)cc4)c3C)C2=O)cc1. The second kappa shape index (κ2) is 8.58. The number of ketones is 1. The number of esters is 1. The highest BCUT2D eigenvalue weighted by molar-refractivity contribution is 6.15. The highest BCUT2D eigenvalue weighted by atomic mass is 16.5. The van der Waals surface area contributed by atoms with E-state index in [9.17, 15) is 9.59 Å². The van der Waals surface area contributed by atoms with Gasteiger partial charge in [-0.15, -0.1) is 0 Å². The van der Waals surface area contributed by atoms with E-state index in [0.717, 1.165) is 16.9 Å². The number of ether oxygens (including phenoxy) is 3. The van der Waals surface area contributed by atoms with Gasteiger partial charge in [-0.25, -0.2) is 4.79 Å². The van der Waals surface area contributed by atoms with Crippen molar-refractivity contribution >= 4 is 17.8 Å². The predicted octanol–water partition coefficient (Wildman–Crippen LogP) is 6.14. The Balaban J connectivity index is 1.55. The molecular formula is C28H26O5. The number of allylic oxidation sites excluding steroid dienone is 1. The van der Waals surface area contributed by atoms with Crippen LogP contribution in [-0.4, -0.2) is 18.9 Å². The van der Waals surface area contributed by atoms with Crippen LogP contribution in [0.5, 0.6) is 17.2 Å². The Bertz CT molecular complexity index is 1240. The van der Waals surface area contributed by atoms with E-state index in [1.54, 1.807) is 44.4 Å². The summed E-state index contributed by atoms with van der Waals surface area (Å²) in [5.74, 6) is 1.05. The maximum Gasteiger partial charge on any atom is 0.343 e. The van der Waals surface area contributed by atoms with Gasteiger partial charge in [0, 0.05) is 5.56 Å². The van der Waals surface area contributed by atoms with Gasteiger partial charge in [-0.05, 0) is 65.9 Å². The number of hydrogen-bond donors (Lipinski definition) is 0. The summed E-state index contributed by atoms with van der Waals surface area (Å²) in [5.41, 5.74) is 3.45. The topological polar surface area (TPSA) is 61.8 Å². The molecule has 33 heavy (non-hydrogen) atoms. The van der Waals surface area contributed by atoms with E-state index in [0.29, 0.717) is 28.2 Å². The molecule has 0 bridgehead atoms. The lowest BCUT2D eigenvalue weighted by atomic mass is 9.87.